The number of guanidine groups is 1. The van der Waals surface area contributed by atoms with Crippen LogP contribution in [0.3, 0.4) is 0 Å². The lowest BCUT2D eigenvalue weighted by Gasteiger charge is -2.14. The maximum absolute atomic E-state index is 6.00. The van der Waals surface area contributed by atoms with Crippen molar-refractivity contribution < 1.29 is 9.47 Å². The average Bonchev–Trinajstić information content (AvgIpc) is 2.70. The van der Waals surface area contributed by atoms with Crippen molar-refractivity contribution in [3.63, 3.8) is 0 Å². The summed E-state index contributed by atoms with van der Waals surface area (Å²) in [6.45, 7) is 3.44. The number of ether oxygens (including phenoxy) is 2. The van der Waals surface area contributed by atoms with Gasteiger partial charge in [-0.15, -0.1) is 0 Å². The summed E-state index contributed by atoms with van der Waals surface area (Å²) in [4.78, 5) is 4.28. The summed E-state index contributed by atoms with van der Waals surface area (Å²) in [5.74, 6) is 0.776. The second kappa shape index (κ2) is 12.3. The molecule has 6 heteroatoms. The molecule has 2 rings (SSSR count). The standard InChI is InChI=1S/C21H28ClN3O2/c1-23-21(24-12-5-13-27-15-14-26-2)25-16-18-6-3-4-7-20(18)17-8-10-19(22)11-9-17/h3-4,6-11H,5,12-16H2,1-2H3,(H2,23,24,25). The molecule has 146 valence electrons. The van der Waals surface area contributed by atoms with Crippen molar-refractivity contribution in [2.24, 2.45) is 4.99 Å². The summed E-state index contributed by atoms with van der Waals surface area (Å²) < 4.78 is 10.4. The molecule has 0 atom stereocenters. The van der Waals surface area contributed by atoms with Crippen LogP contribution in [0.2, 0.25) is 5.02 Å². The quantitative estimate of drug-likeness (QED) is 0.369. The van der Waals surface area contributed by atoms with Gasteiger partial charge in [0, 0.05) is 38.9 Å². The molecule has 2 aromatic carbocycles. The Balaban J connectivity index is 1.83. The predicted molar refractivity (Wildman–Crippen MR) is 112 cm³/mol. The van der Waals surface area contributed by atoms with Crippen LogP contribution >= 0.6 is 11.6 Å². The summed E-state index contributed by atoms with van der Waals surface area (Å²) in [5, 5.41) is 7.42. The molecule has 0 bridgehead atoms. The van der Waals surface area contributed by atoms with E-state index in [0.717, 1.165) is 29.5 Å². The minimum atomic E-state index is 0.629. The van der Waals surface area contributed by atoms with Crippen LogP contribution in [0.4, 0.5) is 0 Å². The smallest absolute Gasteiger partial charge is 0.191 e. The van der Waals surface area contributed by atoms with Crippen LogP contribution in [0.1, 0.15) is 12.0 Å². The molecule has 0 amide bonds. The third kappa shape index (κ3) is 7.59. The Bertz CT molecular complexity index is 705. The first-order valence-electron chi connectivity index (χ1n) is 9.09. The third-order valence-electron chi connectivity index (χ3n) is 4.03. The van der Waals surface area contributed by atoms with Crippen molar-refractivity contribution in [2.75, 3.05) is 40.5 Å². The topological polar surface area (TPSA) is 54.9 Å². The Morgan fingerprint density at radius 2 is 1.78 bits per heavy atom. The molecule has 0 fully saturated rings. The van der Waals surface area contributed by atoms with E-state index in [4.69, 9.17) is 21.1 Å². The van der Waals surface area contributed by atoms with Gasteiger partial charge >= 0.3 is 0 Å². The average molecular weight is 390 g/mol. The Hall–Kier alpha value is -2.08. The van der Waals surface area contributed by atoms with Gasteiger partial charge in [0.25, 0.3) is 0 Å². The third-order valence-corrected chi connectivity index (χ3v) is 4.28. The van der Waals surface area contributed by atoms with E-state index in [0.29, 0.717) is 26.4 Å². The number of hydrogen-bond donors (Lipinski definition) is 2. The fraction of sp³-hybridized carbons (Fsp3) is 0.381. The molecule has 0 aromatic heterocycles. The van der Waals surface area contributed by atoms with Crippen molar-refractivity contribution >= 4 is 17.6 Å². The highest BCUT2D eigenvalue weighted by atomic mass is 35.5. The molecular formula is C21H28ClN3O2. The normalized spacial score (nSPS) is 11.4. The molecule has 0 saturated heterocycles. The lowest BCUT2D eigenvalue weighted by molar-refractivity contribution is 0.0698. The van der Waals surface area contributed by atoms with Crippen molar-refractivity contribution in [3.8, 4) is 11.1 Å². The van der Waals surface area contributed by atoms with Gasteiger partial charge in [0.05, 0.1) is 13.2 Å². The number of rotatable bonds is 10. The highest BCUT2D eigenvalue weighted by Gasteiger charge is 2.06. The molecule has 0 aliphatic carbocycles. The van der Waals surface area contributed by atoms with Crippen molar-refractivity contribution in [2.45, 2.75) is 13.0 Å². The zero-order valence-electron chi connectivity index (χ0n) is 16.0. The van der Waals surface area contributed by atoms with Gasteiger partial charge in [-0.2, -0.15) is 0 Å². The molecule has 2 N–H and O–H groups in total. The van der Waals surface area contributed by atoms with E-state index in [1.807, 2.05) is 36.4 Å². The number of aliphatic imine (C=N–C) groups is 1. The van der Waals surface area contributed by atoms with E-state index in [-0.39, 0.29) is 0 Å². The van der Waals surface area contributed by atoms with Gasteiger partial charge in [-0.3, -0.25) is 4.99 Å². The molecule has 0 radical (unpaired) electrons. The van der Waals surface area contributed by atoms with E-state index >= 15 is 0 Å². The van der Waals surface area contributed by atoms with Crippen LogP contribution in [0.25, 0.3) is 11.1 Å². The highest BCUT2D eigenvalue weighted by Crippen LogP contribution is 2.25. The summed E-state index contributed by atoms with van der Waals surface area (Å²) in [7, 11) is 3.45. The zero-order chi connectivity index (χ0) is 19.3. The lowest BCUT2D eigenvalue weighted by atomic mass is 10.00. The van der Waals surface area contributed by atoms with Crippen LogP contribution in [0.5, 0.6) is 0 Å². The van der Waals surface area contributed by atoms with Crippen LogP contribution in [-0.4, -0.2) is 46.5 Å². The van der Waals surface area contributed by atoms with Crippen LogP contribution in [0.15, 0.2) is 53.5 Å². The number of nitrogens with one attached hydrogen (secondary N) is 2. The highest BCUT2D eigenvalue weighted by molar-refractivity contribution is 6.30. The minimum Gasteiger partial charge on any atom is -0.382 e. The van der Waals surface area contributed by atoms with Gasteiger partial charge in [-0.1, -0.05) is 48.0 Å². The largest absolute Gasteiger partial charge is 0.382 e. The molecule has 2 aromatic rings. The molecule has 0 spiro atoms. The second-order valence-corrected chi connectivity index (χ2v) is 6.41. The number of benzene rings is 2. The summed E-state index contributed by atoms with van der Waals surface area (Å²) >= 11 is 6.00. The maximum atomic E-state index is 6.00. The van der Waals surface area contributed by atoms with Gasteiger partial charge in [0.1, 0.15) is 0 Å². The zero-order valence-corrected chi connectivity index (χ0v) is 16.8. The molecule has 0 unspecified atom stereocenters. The minimum absolute atomic E-state index is 0.629. The van der Waals surface area contributed by atoms with E-state index < -0.39 is 0 Å². The molecule has 0 aliphatic rings. The molecule has 0 aliphatic heterocycles. The van der Waals surface area contributed by atoms with Gasteiger partial charge in [-0.05, 0) is 35.2 Å². The van der Waals surface area contributed by atoms with E-state index in [2.05, 4.69) is 27.8 Å². The first-order valence-corrected chi connectivity index (χ1v) is 9.47. The summed E-state index contributed by atoms with van der Waals surface area (Å²) in [6.07, 6.45) is 0.909. The first-order chi connectivity index (χ1) is 13.2. The van der Waals surface area contributed by atoms with Crippen molar-refractivity contribution in [1.29, 1.82) is 0 Å². The molecule has 5 nitrogen and oxygen atoms in total. The lowest BCUT2D eigenvalue weighted by Crippen LogP contribution is -2.37. The fourth-order valence-corrected chi connectivity index (χ4v) is 2.74. The first kappa shape index (κ1) is 21.2. The van der Waals surface area contributed by atoms with E-state index in [1.165, 1.54) is 11.1 Å². The Morgan fingerprint density at radius 1 is 1.00 bits per heavy atom. The monoisotopic (exact) mass is 389 g/mol. The molecular weight excluding hydrogens is 362 g/mol. The van der Waals surface area contributed by atoms with Crippen molar-refractivity contribution in [1.82, 2.24) is 10.6 Å². The maximum Gasteiger partial charge on any atom is 0.191 e. The van der Waals surface area contributed by atoms with Crippen molar-refractivity contribution in [3.05, 3.63) is 59.1 Å². The van der Waals surface area contributed by atoms with Gasteiger partial charge in [0.15, 0.2) is 5.96 Å². The van der Waals surface area contributed by atoms with Crippen LogP contribution < -0.4 is 10.6 Å². The number of methoxy groups -OCH3 is 1. The van der Waals surface area contributed by atoms with Gasteiger partial charge < -0.3 is 20.1 Å². The summed E-state index contributed by atoms with van der Waals surface area (Å²) in [6, 6.07) is 16.2. The Kier molecular flexibility index (Phi) is 9.69. The van der Waals surface area contributed by atoms with E-state index in [1.54, 1.807) is 14.2 Å². The summed E-state index contributed by atoms with van der Waals surface area (Å²) in [5.41, 5.74) is 3.53. The molecule has 0 saturated carbocycles. The SMILES string of the molecule is CN=C(NCCCOCCOC)NCc1ccccc1-c1ccc(Cl)cc1. The van der Waals surface area contributed by atoms with Crippen LogP contribution in [-0.2, 0) is 16.0 Å². The van der Waals surface area contributed by atoms with Crippen LogP contribution in [0, 0.1) is 0 Å². The Morgan fingerprint density at radius 3 is 2.52 bits per heavy atom. The van der Waals surface area contributed by atoms with E-state index in [9.17, 15) is 0 Å². The number of nitrogens with zero attached hydrogens (tertiary/aromatic N) is 1. The number of halogens is 1. The number of hydrogen-bond acceptors (Lipinski definition) is 3. The molecule has 27 heavy (non-hydrogen) atoms. The van der Waals surface area contributed by atoms with Gasteiger partial charge in [-0.25, -0.2) is 0 Å². The molecule has 0 heterocycles. The van der Waals surface area contributed by atoms with Gasteiger partial charge in [0.2, 0.25) is 0 Å². The predicted octanol–water partition coefficient (Wildman–Crippen LogP) is 3.73. The Labute approximate surface area is 166 Å². The fourth-order valence-electron chi connectivity index (χ4n) is 2.61. The second-order valence-electron chi connectivity index (χ2n) is 5.98.